The quantitative estimate of drug-likeness (QED) is 0.203. The van der Waals surface area contributed by atoms with Crippen molar-refractivity contribution in [3.63, 3.8) is 0 Å². The molecule has 1 N–H and O–H groups in total. The van der Waals surface area contributed by atoms with Crippen LogP contribution >= 0.6 is 0 Å². The lowest BCUT2D eigenvalue weighted by Crippen LogP contribution is -2.31. The fourth-order valence-corrected chi connectivity index (χ4v) is 5.68. The first-order chi connectivity index (χ1) is 21.0. The van der Waals surface area contributed by atoms with Crippen molar-refractivity contribution in [2.24, 2.45) is 5.10 Å². The fraction of sp³-hybridized carbons (Fsp3) is 0.324. The van der Waals surface area contributed by atoms with Crippen molar-refractivity contribution in [2.45, 2.75) is 45.7 Å². The van der Waals surface area contributed by atoms with Crippen LogP contribution in [0.25, 0.3) is 0 Å². The summed E-state index contributed by atoms with van der Waals surface area (Å²) >= 11 is 0. The van der Waals surface area contributed by atoms with Crippen LogP contribution in [0.4, 0.5) is 18.9 Å². The molecule has 1 unspecified atom stereocenters. The highest BCUT2D eigenvalue weighted by Gasteiger charge is 2.43. The maximum atomic E-state index is 13.5. The molecule has 0 bridgehead atoms. The molecule has 7 nitrogen and oxygen atoms in total. The van der Waals surface area contributed by atoms with Crippen molar-refractivity contribution in [3.8, 4) is 5.75 Å². The van der Waals surface area contributed by atoms with Crippen molar-refractivity contribution in [2.75, 3.05) is 31.6 Å². The summed E-state index contributed by atoms with van der Waals surface area (Å²) in [7, 11) is 1.57. The second-order valence-electron chi connectivity index (χ2n) is 10.7. The van der Waals surface area contributed by atoms with Crippen LogP contribution in [0.3, 0.4) is 0 Å². The van der Waals surface area contributed by atoms with E-state index in [9.17, 15) is 22.8 Å². The molecule has 232 valence electrons. The zero-order valence-electron chi connectivity index (χ0n) is 25.5. The number of fused-ring (bicyclic) bond motifs is 1. The lowest BCUT2D eigenvalue weighted by molar-refractivity contribution is -0.137. The number of ether oxygens (including phenoxy) is 1. The van der Waals surface area contributed by atoms with Crippen molar-refractivity contribution in [3.05, 3.63) is 106 Å². The average molecular weight is 607 g/mol. The molecule has 0 fully saturated rings. The number of carbonyl (C=O) groups is 2. The molecular weight excluding hydrogens is 569 g/mol. The van der Waals surface area contributed by atoms with E-state index in [1.54, 1.807) is 48.4 Å². The predicted molar refractivity (Wildman–Crippen MR) is 166 cm³/mol. The molecule has 3 aromatic carbocycles. The third-order valence-corrected chi connectivity index (χ3v) is 7.99. The molecule has 0 aromatic heterocycles. The summed E-state index contributed by atoms with van der Waals surface area (Å²) in [6, 6.07) is 17.5. The molecule has 1 aliphatic heterocycles. The van der Waals surface area contributed by atoms with Gasteiger partial charge < -0.3 is 14.5 Å². The number of rotatable bonds is 10. The van der Waals surface area contributed by atoms with E-state index in [4.69, 9.17) is 4.74 Å². The van der Waals surface area contributed by atoms with Crippen LogP contribution in [0, 0.1) is 0 Å². The van der Waals surface area contributed by atoms with Crippen molar-refractivity contribution >= 4 is 23.7 Å². The van der Waals surface area contributed by atoms with Crippen LogP contribution in [0.1, 0.15) is 65.1 Å². The number of alkyl halides is 3. The summed E-state index contributed by atoms with van der Waals surface area (Å²) in [6.07, 6.45) is -0.913. The van der Waals surface area contributed by atoms with Crippen LogP contribution in [0.2, 0.25) is 0 Å². The normalized spacial score (nSPS) is 17.2. The zero-order chi connectivity index (χ0) is 32.1. The first-order valence-electron chi connectivity index (χ1n) is 14.5. The Morgan fingerprint density at radius 2 is 1.68 bits per heavy atom. The van der Waals surface area contributed by atoms with Gasteiger partial charge in [-0.2, -0.15) is 18.3 Å². The third-order valence-electron chi connectivity index (χ3n) is 7.99. The van der Waals surface area contributed by atoms with Gasteiger partial charge in [-0.1, -0.05) is 18.2 Å². The number of anilines is 1. The fourth-order valence-electron chi connectivity index (χ4n) is 5.68. The Balaban J connectivity index is 1.61. The largest absolute Gasteiger partial charge is 0.497 e. The lowest BCUT2D eigenvalue weighted by Gasteiger charge is -2.30. The maximum Gasteiger partial charge on any atom is 0.416 e. The summed E-state index contributed by atoms with van der Waals surface area (Å²) in [4.78, 5) is 29.1. The van der Waals surface area contributed by atoms with Crippen LogP contribution in [0.15, 0.2) is 83.6 Å². The number of methoxy groups -OCH3 is 1. The van der Waals surface area contributed by atoms with Gasteiger partial charge in [-0.3, -0.25) is 9.59 Å². The topological polar surface area (TPSA) is 74.2 Å². The summed E-state index contributed by atoms with van der Waals surface area (Å²) in [6.45, 7) is 9.58. The molecule has 0 spiro atoms. The van der Waals surface area contributed by atoms with Crippen LogP contribution in [0.5, 0.6) is 5.75 Å². The monoisotopic (exact) mass is 606 g/mol. The minimum absolute atomic E-state index is 0.101. The predicted octanol–water partition coefficient (Wildman–Crippen LogP) is 6.84. The summed E-state index contributed by atoms with van der Waals surface area (Å²) in [5, 5.41) is 4.13. The van der Waals surface area contributed by atoms with E-state index in [1.807, 2.05) is 45.9 Å². The molecule has 4 rings (SSSR count). The minimum atomic E-state index is -4.45. The Morgan fingerprint density at radius 3 is 2.30 bits per heavy atom. The van der Waals surface area contributed by atoms with E-state index in [2.05, 4.69) is 15.4 Å². The molecule has 0 radical (unpaired) electrons. The van der Waals surface area contributed by atoms with Crippen LogP contribution < -0.4 is 15.1 Å². The van der Waals surface area contributed by atoms with Gasteiger partial charge in [0.1, 0.15) is 5.75 Å². The highest BCUT2D eigenvalue weighted by molar-refractivity contribution is 5.98. The van der Waals surface area contributed by atoms with Crippen molar-refractivity contribution < 1.29 is 27.5 Å². The number of nitrogens with zero attached hydrogens (tertiary/aromatic N) is 3. The molecule has 0 saturated carbocycles. The smallest absolute Gasteiger partial charge is 0.416 e. The number of nitrogens with one attached hydrogen (secondary N) is 1. The molecule has 3 aromatic rings. The number of amides is 2. The Hall–Kier alpha value is -4.60. The number of carbonyl (C=O) groups excluding carboxylic acids is 2. The van der Waals surface area contributed by atoms with Gasteiger partial charge >= 0.3 is 6.18 Å². The van der Waals surface area contributed by atoms with Gasteiger partial charge in [-0.15, -0.1) is 0 Å². The van der Waals surface area contributed by atoms with E-state index in [0.29, 0.717) is 42.1 Å². The lowest BCUT2D eigenvalue weighted by atomic mass is 9.76. The van der Waals surface area contributed by atoms with Gasteiger partial charge in [0.25, 0.3) is 11.8 Å². The molecule has 1 heterocycles. The maximum absolute atomic E-state index is 13.5. The third kappa shape index (κ3) is 6.64. The second kappa shape index (κ2) is 13.4. The Kier molecular flexibility index (Phi) is 9.81. The van der Waals surface area contributed by atoms with E-state index in [-0.39, 0.29) is 12.3 Å². The van der Waals surface area contributed by atoms with E-state index >= 15 is 0 Å². The van der Waals surface area contributed by atoms with Crippen LogP contribution in [-0.4, -0.2) is 49.7 Å². The Bertz CT molecular complexity index is 1560. The summed E-state index contributed by atoms with van der Waals surface area (Å²) in [5.41, 5.74) is 5.12. The molecular formula is C34H37F3N4O3. The molecule has 2 amide bonds. The highest BCUT2D eigenvalue weighted by atomic mass is 19.4. The second-order valence-corrected chi connectivity index (χ2v) is 10.7. The van der Waals surface area contributed by atoms with Gasteiger partial charge in [-0.05, 0) is 99.8 Å². The van der Waals surface area contributed by atoms with Gasteiger partial charge in [0.15, 0.2) is 0 Å². The number of halogens is 3. The Labute approximate surface area is 256 Å². The molecule has 1 aliphatic rings. The number of hydrazone groups is 1. The zero-order valence-corrected chi connectivity index (χ0v) is 25.5. The molecule has 1 atom stereocenters. The van der Waals surface area contributed by atoms with Gasteiger partial charge in [0, 0.05) is 53.8 Å². The summed E-state index contributed by atoms with van der Waals surface area (Å²) < 4.78 is 46.0. The van der Waals surface area contributed by atoms with Crippen LogP contribution in [-0.2, 0) is 18.0 Å². The molecule has 0 saturated heterocycles. The molecule has 0 aliphatic carbocycles. The number of allylic oxidation sites excluding steroid dienone is 2. The number of likely N-dealkylation sites (N-methyl/N-ethyl adjacent to an activating group) is 1. The standard InChI is InChI=1S/C34H37F3N4O3/c1-6-40(7-2)32(43)25-14-12-24(13-15-25)31(42)39-38-19-18-30-33(4,22-23-10-9-11-26(20-23)34(35,36)37)28-21-27(44-5)16-17-29(28)41(30)8-3/h9-21H,6-8,22H2,1-5H3,(H,39,42)/b30-18-,38-19+. The minimum Gasteiger partial charge on any atom is -0.497 e. The van der Waals surface area contributed by atoms with E-state index < -0.39 is 23.1 Å². The first-order valence-corrected chi connectivity index (χ1v) is 14.5. The number of hydrogen-bond acceptors (Lipinski definition) is 5. The molecule has 44 heavy (non-hydrogen) atoms. The van der Waals surface area contributed by atoms with E-state index in [0.717, 1.165) is 23.0 Å². The van der Waals surface area contributed by atoms with Crippen molar-refractivity contribution in [1.82, 2.24) is 10.3 Å². The molecule has 10 heteroatoms. The average Bonchev–Trinajstić information content (AvgIpc) is 3.25. The van der Waals surface area contributed by atoms with Gasteiger partial charge in [0.05, 0.1) is 12.7 Å². The van der Waals surface area contributed by atoms with E-state index in [1.165, 1.54) is 18.3 Å². The number of hydrogen-bond donors (Lipinski definition) is 1. The first kappa shape index (κ1) is 32.3. The summed E-state index contributed by atoms with van der Waals surface area (Å²) in [5.74, 6) is 0.0949. The van der Waals surface area contributed by atoms with Gasteiger partial charge in [0.2, 0.25) is 0 Å². The van der Waals surface area contributed by atoms with Crippen molar-refractivity contribution in [1.29, 1.82) is 0 Å². The Morgan fingerprint density at radius 1 is 1.00 bits per heavy atom. The van der Waals surface area contributed by atoms with Gasteiger partial charge in [-0.25, -0.2) is 5.43 Å². The highest BCUT2D eigenvalue weighted by Crippen LogP contribution is 2.50. The SMILES string of the molecule is CCN(CC)C(=O)c1ccc(C(=O)N/N=C/C=C2\N(CC)c3ccc(OC)cc3C2(C)Cc2cccc(C(F)(F)F)c2)cc1. The number of benzene rings is 3.